The number of hydrazine groups is 5. The minimum absolute atomic E-state index is 0.0202. The van der Waals surface area contributed by atoms with Gasteiger partial charge in [-0.05, 0) is 12.2 Å². The fourth-order valence-electron chi connectivity index (χ4n) is 3.30. The lowest BCUT2D eigenvalue weighted by molar-refractivity contribution is -0.294. The Balaban J connectivity index is 2.20. The van der Waals surface area contributed by atoms with Gasteiger partial charge in [0.05, 0.1) is 11.3 Å². The van der Waals surface area contributed by atoms with Crippen molar-refractivity contribution in [3.8, 4) is 36.9 Å². The lowest BCUT2D eigenvalue weighted by Gasteiger charge is -2.52. The molecule has 0 radical (unpaired) electrons. The molecule has 1 saturated heterocycles. The highest BCUT2D eigenvalue weighted by atomic mass is 16.2. The summed E-state index contributed by atoms with van der Waals surface area (Å²) < 4.78 is 0. The van der Waals surface area contributed by atoms with Crippen molar-refractivity contribution in [1.29, 1.82) is 31.6 Å². The summed E-state index contributed by atoms with van der Waals surface area (Å²) in [5, 5.41) is 63.9. The largest absolute Gasteiger partial charge is 0.226 e. The third kappa shape index (κ3) is 2.02. The molecule has 30 heavy (non-hydrogen) atoms. The van der Waals surface area contributed by atoms with Crippen molar-refractivity contribution in [3.63, 3.8) is 0 Å². The van der Waals surface area contributed by atoms with Gasteiger partial charge in [0, 0.05) is 10.4 Å². The van der Waals surface area contributed by atoms with Crippen molar-refractivity contribution in [2.75, 3.05) is 0 Å². The van der Waals surface area contributed by atoms with Crippen LogP contribution in [0.15, 0.2) is 47.7 Å². The lowest BCUT2D eigenvalue weighted by atomic mass is 10.1. The molecule has 3 aliphatic heterocycles. The first-order valence-electron chi connectivity index (χ1n) is 8.12. The van der Waals surface area contributed by atoms with Crippen LogP contribution in [0.4, 0.5) is 0 Å². The number of allylic oxidation sites excluding steroid dienone is 3. The zero-order valence-electron chi connectivity index (χ0n) is 14.8. The molecule has 12 nitrogen and oxygen atoms in total. The van der Waals surface area contributed by atoms with Crippen molar-refractivity contribution in [2.45, 2.75) is 0 Å². The zero-order chi connectivity index (χ0) is 21.4. The molecule has 0 unspecified atom stereocenters. The molecule has 138 valence electrons. The second-order valence-corrected chi connectivity index (χ2v) is 5.76. The monoisotopic (exact) mass is 390 g/mol. The number of fused-ring (bicyclic) bond motifs is 4. The molecular formula is C18H6N12. The zero-order valence-corrected chi connectivity index (χ0v) is 14.8. The van der Waals surface area contributed by atoms with Crippen molar-refractivity contribution < 1.29 is 0 Å². The summed E-state index contributed by atoms with van der Waals surface area (Å²) >= 11 is 0. The SMILES string of the molecule is N#CC1=C(C#N)N2C(=c3ccccc3=C3N(C#N)N(C#N)N(C#N)N(C#N)N32)C=C1. The number of hydrogen-bond acceptors (Lipinski definition) is 12. The summed E-state index contributed by atoms with van der Waals surface area (Å²) in [7, 11) is 0. The van der Waals surface area contributed by atoms with Crippen molar-refractivity contribution in [2.24, 2.45) is 0 Å². The molecule has 0 N–H and O–H groups in total. The van der Waals surface area contributed by atoms with Crippen molar-refractivity contribution in [3.05, 3.63) is 58.1 Å². The van der Waals surface area contributed by atoms with E-state index in [9.17, 15) is 31.6 Å². The van der Waals surface area contributed by atoms with Gasteiger partial charge in [0.25, 0.3) is 0 Å². The van der Waals surface area contributed by atoms with Crippen LogP contribution in [0.25, 0.3) is 11.5 Å². The van der Waals surface area contributed by atoms with Crippen LogP contribution < -0.4 is 10.4 Å². The fourth-order valence-corrected chi connectivity index (χ4v) is 3.30. The maximum atomic E-state index is 9.80. The van der Waals surface area contributed by atoms with Crippen LogP contribution in [0.2, 0.25) is 0 Å². The fraction of sp³-hybridized carbons (Fsp3) is 0. The Morgan fingerprint density at radius 1 is 0.667 bits per heavy atom. The number of nitrogens with zero attached hydrogens (tertiary/aromatic N) is 12. The highest BCUT2D eigenvalue weighted by Crippen LogP contribution is 2.35. The maximum absolute atomic E-state index is 9.80. The van der Waals surface area contributed by atoms with Crippen LogP contribution in [0.5, 0.6) is 0 Å². The molecule has 1 aromatic carbocycles. The molecule has 0 spiro atoms. The van der Waals surface area contributed by atoms with Gasteiger partial charge < -0.3 is 0 Å². The van der Waals surface area contributed by atoms with E-state index < -0.39 is 0 Å². The van der Waals surface area contributed by atoms with Gasteiger partial charge in [-0.25, -0.2) is 5.01 Å². The van der Waals surface area contributed by atoms with E-state index in [1.165, 1.54) is 11.1 Å². The van der Waals surface area contributed by atoms with Crippen molar-refractivity contribution >= 4 is 11.5 Å². The predicted octanol–water partition coefficient (Wildman–Crippen LogP) is -0.930. The average molecular weight is 390 g/mol. The number of rotatable bonds is 0. The van der Waals surface area contributed by atoms with Gasteiger partial charge in [0.2, 0.25) is 24.8 Å². The van der Waals surface area contributed by atoms with E-state index in [2.05, 4.69) is 0 Å². The summed E-state index contributed by atoms with van der Waals surface area (Å²) in [6.07, 6.45) is 9.99. The van der Waals surface area contributed by atoms with E-state index in [1.807, 2.05) is 18.3 Å². The van der Waals surface area contributed by atoms with Crippen LogP contribution in [-0.4, -0.2) is 30.5 Å². The summed E-state index contributed by atoms with van der Waals surface area (Å²) in [5.41, 5.74) is 0.336. The van der Waals surface area contributed by atoms with Gasteiger partial charge in [-0.1, -0.05) is 39.6 Å². The Hall–Kier alpha value is -5.82. The van der Waals surface area contributed by atoms with Gasteiger partial charge in [-0.3, -0.25) is 0 Å². The van der Waals surface area contributed by atoms with Crippen LogP contribution in [-0.2, 0) is 0 Å². The van der Waals surface area contributed by atoms with E-state index in [4.69, 9.17) is 0 Å². The smallest absolute Gasteiger partial charge is 0.218 e. The normalized spacial score (nSPS) is 16.3. The predicted molar refractivity (Wildman–Crippen MR) is 93.4 cm³/mol. The molecule has 0 amide bonds. The third-order valence-corrected chi connectivity index (χ3v) is 4.44. The molecular weight excluding hydrogens is 384 g/mol. The van der Waals surface area contributed by atoms with E-state index in [0.717, 1.165) is 10.1 Å². The first kappa shape index (κ1) is 17.6. The minimum Gasteiger partial charge on any atom is -0.218 e. The molecule has 0 aromatic heterocycles. The Morgan fingerprint density at radius 2 is 1.33 bits per heavy atom. The van der Waals surface area contributed by atoms with Crippen molar-refractivity contribution in [1.82, 2.24) is 30.5 Å². The highest BCUT2D eigenvalue weighted by molar-refractivity contribution is 5.69. The molecule has 4 rings (SSSR count). The van der Waals surface area contributed by atoms with Crippen LogP contribution in [0.1, 0.15) is 0 Å². The van der Waals surface area contributed by atoms with Crippen LogP contribution in [0, 0.1) is 68.5 Å². The molecule has 0 aliphatic carbocycles. The third-order valence-electron chi connectivity index (χ3n) is 4.44. The molecule has 0 atom stereocenters. The van der Waals surface area contributed by atoms with Gasteiger partial charge in [-0.15, -0.1) is 10.1 Å². The molecule has 12 heteroatoms. The topological polar surface area (TPSA) is 162 Å². The maximum Gasteiger partial charge on any atom is 0.226 e. The number of hydrogen-bond donors (Lipinski definition) is 0. The average Bonchev–Trinajstić information content (AvgIpc) is 2.80. The van der Waals surface area contributed by atoms with Gasteiger partial charge in [0.1, 0.15) is 12.1 Å². The van der Waals surface area contributed by atoms with Crippen LogP contribution in [0.3, 0.4) is 0 Å². The van der Waals surface area contributed by atoms with E-state index >= 15 is 0 Å². The Bertz CT molecular complexity index is 1410. The number of nitriles is 6. The molecule has 1 fully saturated rings. The minimum atomic E-state index is -0.122. The first-order chi connectivity index (χ1) is 14.7. The molecule has 1 aromatic rings. The molecule has 0 saturated carbocycles. The van der Waals surface area contributed by atoms with E-state index in [0.29, 0.717) is 31.5 Å². The second kappa shape index (κ2) is 6.41. The summed E-state index contributed by atoms with van der Waals surface area (Å²) in [4.78, 5) is 0. The Morgan fingerprint density at radius 3 is 1.90 bits per heavy atom. The van der Waals surface area contributed by atoms with Gasteiger partial charge in [0.15, 0.2) is 11.5 Å². The summed E-state index contributed by atoms with van der Waals surface area (Å²) in [6, 6.07) is 10.7. The van der Waals surface area contributed by atoms with Crippen LogP contribution >= 0.6 is 0 Å². The second-order valence-electron chi connectivity index (χ2n) is 5.76. The Kier molecular flexibility index (Phi) is 3.76. The Labute approximate surface area is 169 Å². The summed E-state index contributed by atoms with van der Waals surface area (Å²) in [6.45, 7) is 0. The molecule has 0 bridgehead atoms. The summed E-state index contributed by atoms with van der Waals surface area (Å²) in [5.74, 6) is 0.0202. The standard InChI is InChI=1S/C18H6N12/c19-7-13-5-6-16-14-3-1-2-4-15(14)18-25(9-21)26(10-22)27(11-23)28(12-24)30(18)29(16)17(13)8-20/h1-6H. The number of benzene rings is 1. The lowest BCUT2D eigenvalue weighted by Crippen LogP contribution is -2.71. The highest BCUT2D eigenvalue weighted by Gasteiger charge is 2.48. The van der Waals surface area contributed by atoms with Gasteiger partial charge in [-0.2, -0.15) is 31.6 Å². The van der Waals surface area contributed by atoms with E-state index in [1.54, 1.807) is 48.9 Å². The first-order valence-corrected chi connectivity index (χ1v) is 8.12. The quantitative estimate of drug-likeness (QED) is 0.501. The van der Waals surface area contributed by atoms with Gasteiger partial charge >= 0.3 is 0 Å². The molecule has 3 heterocycles. The van der Waals surface area contributed by atoms with E-state index in [-0.39, 0.29) is 17.1 Å². The molecule has 3 aliphatic rings.